The zero-order valence-corrected chi connectivity index (χ0v) is 13.9. The Balaban J connectivity index is 2.12. The smallest absolute Gasteiger partial charge is 0.240 e. The molecule has 1 fully saturated rings. The van der Waals surface area contributed by atoms with Crippen LogP contribution in [0.4, 0.5) is 4.39 Å². The highest BCUT2D eigenvalue weighted by atomic mass is 32.2. The molecule has 4 nitrogen and oxygen atoms in total. The number of benzene rings is 1. The molecule has 0 saturated heterocycles. The van der Waals surface area contributed by atoms with E-state index in [1.54, 1.807) is 11.8 Å². The van der Waals surface area contributed by atoms with Crippen LogP contribution >= 0.6 is 11.8 Å². The maximum Gasteiger partial charge on any atom is 0.240 e. The van der Waals surface area contributed by atoms with Gasteiger partial charge < -0.3 is 5.32 Å². The van der Waals surface area contributed by atoms with Crippen molar-refractivity contribution in [3.05, 3.63) is 29.6 Å². The summed E-state index contributed by atoms with van der Waals surface area (Å²) < 4.78 is 41.0. The molecule has 0 radical (unpaired) electrons. The van der Waals surface area contributed by atoms with Gasteiger partial charge in [-0.15, -0.1) is 0 Å². The zero-order chi connectivity index (χ0) is 15.5. The summed E-state index contributed by atoms with van der Waals surface area (Å²) in [6, 6.07) is 3.92. The Kier molecular flexibility index (Phi) is 5.29. The molecule has 7 heteroatoms. The fraction of sp³-hybridized carbons (Fsp3) is 0.571. The van der Waals surface area contributed by atoms with E-state index in [1.165, 1.54) is 18.2 Å². The van der Waals surface area contributed by atoms with Gasteiger partial charge in [0.1, 0.15) is 5.82 Å². The second kappa shape index (κ2) is 6.64. The first-order valence-corrected chi connectivity index (χ1v) is 9.67. The van der Waals surface area contributed by atoms with Crippen molar-refractivity contribution in [2.24, 2.45) is 0 Å². The monoisotopic (exact) mass is 332 g/mol. The highest BCUT2D eigenvalue weighted by Crippen LogP contribution is 2.46. The van der Waals surface area contributed by atoms with Crippen LogP contribution in [0, 0.1) is 5.82 Å². The van der Waals surface area contributed by atoms with Gasteiger partial charge in [0.2, 0.25) is 10.0 Å². The van der Waals surface area contributed by atoms with E-state index in [2.05, 4.69) is 10.0 Å². The second-order valence-corrected chi connectivity index (χ2v) is 8.29. The number of halogens is 1. The van der Waals surface area contributed by atoms with E-state index in [1.807, 2.05) is 13.2 Å². The summed E-state index contributed by atoms with van der Waals surface area (Å²) in [5.74, 6) is -0.391. The van der Waals surface area contributed by atoms with Gasteiger partial charge in [-0.2, -0.15) is 11.8 Å². The van der Waals surface area contributed by atoms with Gasteiger partial charge in [-0.05, 0) is 43.8 Å². The second-order valence-electron chi connectivity index (χ2n) is 5.25. The molecular formula is C14H21FN2O2S2. The number of hydrogen-bond acceptors (Lipinski definition) is 4. The lowest BCUT2D eigenvalue weighted by Crippen LogP contribution is -2.31. The van der Waals surface area contributed by atoms with E-state index in [9.17, 15) is 12.8 Å². The van der Waals surface area contributed by atoms with Crippen LogP contribution < -0.4 is 10.0 Å². The number of rotatable bonds is 8. The van der Waals surface area contributed by atoms with Crippen LogP contribution in [0.25, 0.3) is 0 Å². The van der Waals surface area contributed by atoms with Gasteiger partial charge in [-0.25, -0.2) is 17.5 Å². The van der Waals surface area contributed by atoms with E-state index < -0.39 is 15.8 Å². The van der Waals surface area contributed by atoms with Crippen molar-refractivity contribution in [2.75, 3.05) is 19.3 Å². The van der Waals surface area contributed by atoms with Gasteiger partial charge in [0.05, 0.1) is 4.90 Å². The van der Waals surface area contributed by atoms with Crippen molar-refractivity contribution >= 4 is 21.8 Å². The summed E-state index contributed by atoms with van der Waals surface area (Å²) >= 11 is 1.69. The van der Waals surface area contributed by atoms with Crippen LogP contribution in [0.5, 0.6) is 0 Å². The molecule has 21 heavy (non-hydrogen) atoms. The molecule has 0 unspecified atom stereocenters. The van der Waals surface area contributed by atoms with Crippen molar-refractivity contribution in [3.63, 3.8) is 0 Å². The number of sulfonamides is 1. The first-order chi connectivity index (χ1) is 9.92. The van der Waals surface area contributed by atoms with Gasteiger partial charge in [0, 0.05) is 23.4 Å². The standard InChI is InChI=1S/C14H21FN2O2S2/c1-3-16-9-11-8-12(4-5-13(11)15)21(18,19)17-10-14(20-2)6-7-14/h4-5,8,16-17H,3,6-7,9-10H2,1-2H3. The highest BCUT2D eigenvalue weighted by molar-refractivity contribution is 8.00. The molecule has 0 heterocycles. The molecule has 2 rings (SSSR count). The predicted octanol–water partition coefficient (Wildman–Crippen LogP) is 2.11. The Hall–Kier alpha value is -0.630. The summed E-state index contributed by atoms with van der Waals surface area (Å²) in [6.45, 7) is 3.36. The maximum absolute atomic E-state index is 13.7. The molecule has 0 spiro atoms. The fourth-order valence-electron chi connectivity index (χ4n) is 2.02. The topological polar surface area (TPSA) is 58.2 Å². The molecule has 0 atom stereocenters. The lowest BCUT2D eigenvalue weighted by Gasteiger charge is -2.14. The summed E-state index contributed by atoms with van der Waals surface area (Å²) in [5, 5.41) is 3.00. The van der Waals surface area contributed by atoms with Crippen LogP contribution in [-0.4, -0.2) is 32.5 Å². The predicted molar refractivity (Wildman–Crippen MR) is 84.4 cm³/mol. The third kappa shape index (κ3) is 4.18. The largest absolute Gasteiger partial charge is 0.313 e. The van der Waals surface area contributed by atoms with Crippen molar-refractivity contribution < 1.29 is 12.8 Å². The lowest BCUT2D eigenvalue weighted by atomic mass is 10.2. The zero-order valence-electron chi connectivity index (χ0n) is 12.3. The van der Waals surface area contributed by atoms with Gasteiger partial charge in [-0.3, -0.25) is 0 Å². The Morgan fingerprint density at radius 2 is 2.10 bits per heavy atom. The first-order valence-electron chi connectivity index (χ1n) is 6.96. The Bertz CT molecular complexity index is 601. The number of thioether (sulfide) groups is 1. The molecule has 118 valence electrons. The molecule has 0 amide bonds. The molecule has 1 aromatic rings. The van der Waals surface area contributed by atoms with E-state index in [0.29, 0.717) is 25.2 Å². The molecule has 1 aliphatic carbocycles. The third-order valence-corrected chi connectivity index (χ3v) is 6.54. The minimum absolute atomic E-state index is 0.0553. The minimum Gasteiger partial charge on any atom is -0.313 e. The average Bonchev–Trinajstić information content (AvgIpc) is 3.25. The fourth-order valence-corrected chi connectivity index (χ4v) is 4.01. The van der Waals surface area contributed by atoms with E-state index in [0.717, 1.165) is 12.8 Å². The minimum atomic E-state index is -3.59. The van der Waals surface area contributed by atoms with Crippen LogP contribution in [0.15, 0.2) is 23.1 Å². The lowest BCUT2D eigenvalue weighted by molar-refractivity contribution is 0.575. The van der Waals surface area contributed by atoms with Gasteiger partial charge in [-0.1, -0.05) is 6.92 Å². The van der Waals surface area contributed by atoms with Crippen molar-refractivity contribution in [1.82, 2.24) is 10.0 Å². The van der Waals surface area contributed by atoms with Crippen molar-refractivity contribution in [2.45, 2.75) is 36.0 Å². The third-order valence-electron chi connectivity index (χ3n) is 3.72. The SMILES string of the molecule is CCNCc1cc(S(=O)(=O)NCC2(SC)CC2)ccc1F. The Morgan fingerprint density at radius 1 is 1.38 bits per heavy atom. The van der Waals surface area contributed by atoms with Gasteiger partial charge in [0.25, 0.3) is 0 Å². The van der Waals surface area contributed by atoms with Crippen LogP contribution in [0.2, 0.25) is 0 Å². The van der Waals surface area contributed by atoms with E-state index >= 15 is 0 Å². The van der Waals surface area contributed by atoms with Crippen molar-refractivity contribution in [1.29, 1.82) is 0 Å². The molecule has 1 aromatic carbocycles. The normalized spacial score (nSPS) is 16.9. The number of nitrogens with one attached hydrogen (secondary N) is 2. The van der Waals surface area contributed by atoms with Gasteiger partial charge in [0.15, 0.2) is 0 Å². The number of hydrogen-bond donors (Lipinski definition) is 2. The van der Waals surface area contributed by atoms with Crippen LogP contribution in [0.3, 0.4) is 0 Å². The molecule has 2 N–H and O–H groups in total. The molecule has 1 aliphatic rings. The molecule has 0 aromatic heterocycles. The van der Waals surface area contributed by atoms with Crippen molar-refractivity contribution in [3.8, 4) is 0 Å². The van der Waals surface area contributed by atoms with Crippen LogP contribution in [-0.2, 0) is 16.6 Å². The quantitative estimate of drug-likeness (QED) is 0.765. The summed E-state index contributed by atoms with van der Waals surface area (Å²) in [7, 11) is -3.59. The van der Waals surface area contributed by atoms with E-state index in [4.69, 9.17) is 0 Å². The summed E-state index contributed by atoms with van der Waals surface area (Å²) in [6.07, 6.45) is 4.06. The Morgan fingerprint density at radius 3 is 2.67 bits per heavy atom. The van der Waals surface area contributed by atoms with Crippen LogP contribution in [0.1, 0.15) is 25.3 Å². The Labute approximate surface area is 129 Å². The highest BCUT2D eigenvalue weighted by Gasteiger charge is 2.42. The maximum atomic E-state index is 13.7. The molecular weight excluding hydrogens is 311 g/mol. The molecule has 0 aliphatic heterocycles. The molecule has 1 saturated carbocycles. The van der Waals surface area contributed by atoms with Gasteiger partial charge >= 0.3 is 0 Å². The average molecular weight is 332 g/mol. The van der Waals surface area contributed by atoms with E-state index in [-0.39, 0.29) is 9.64 Å². The molecule has 0 bridgehead atoms. The summed E-state index contributed by atoms with van der Waals surface area (Å²) in [5.41, 5.74) is 0.366. The summed E-state index contributed by atoms with van der Waals surface area (Å²) in [4.78, 5) is 0.119. The first kappa shape index (κ1) is 16.7.